The second kappa shape index (κ2) is 12.1. The van der Waals surface area contributed by atoms with Crippen molar-refractivity contribution in [3.63, 3.8) is 0 Å². The fraction of sp³-hybridized carbons (Fsp3) is 0.0566. The predicted molar refractivity (Wildman–Crippen MR) is 232 cm³/mol. The lowest BCUT2D eigenvalue weighted by Crippen LogP contribution is -2.24. The highest BCUT2D eigenvalue weighted by atomic mass is 16.3. The van der Waals surface area contributed by atoms with Crippen molar-refractivity contribution in [3.05, 3.63) is 199 Å². The third-order valence-corrected chi connectivity index (χ3v) is 11.9. The Morgan fingerprint density at radius 1 is 0.436 bits per heavy atom. The Hall–Kier alpha value is -6.90. The lowest BCUT2D eigenvalue weighted by atomic mass is 9.67. The van der Waals surface area contributed by atoms with Gasteiger partial charge in [-0.2, -0.15) is 0 Å². The molecule has 0 spiro atoms. The van der Waals surface area contributed by atoms with Gasteiger partial charge in [0.2, 0.25) is 0 Å². The molecule has 2 heteroatoms. The normalized spacial score (nSPS) is 13.1. The van der Waals surface area contributed by atoms with Crippen LogP contribution in [0.25, 0.3) is 76.9 Å². The molecule has 0 saturated carbocycles. The van der Waals surface area contributed by atoms with Crippen molar-refractivity contribution in [1.29, 1.82) is 0 Å². The lowest BCUT2D eigenvalue weighted by molar-refractivity contribution is 0.645. The Balaban J connectivity index is 1.08. The van der Waals surface area contributed by atoms with Crippen molar-refractivity contribution in [2.75, 3.05) is 4.90 Å². The summed E-state index contributed by atoms with van der Waals surface area (Å²) in [6, 6.07) is 68.3. The average Bonchev–Trinajstić information content (AvgIpc) is 3.63. The van der Waals surface area contributed by atoms with Gasteiger partial charge in [0.25, 0.3) is 0 Å². The Labute approximate surface area is 320 Å². The first kappa shape index (κ1) is 31.6. The summed E-state index contributed by atoms with van der Waals surface area (Å²) in [4.78, 5) is 2.30. The molecule has 0 fully saturated rings. The molecule has 260 valence electrons. The number of hydrogen-bond acceptors (Lipinski definition) is 2. The van der Waals surface area contributed by atoms with Gasteiger partial charge in [-0.1, -0.05) is 159 Å². The number of hydrogen-bond donors (Lipinski definition) is 0. The summed E-state index contributed by atoms with van der Waals surface area (Å²) in [5, 5.41) is 7.41. The minimum absolute atomic E-state index is 0.157. The zero-order valence-electron chi connectivity index (χ0n) is 30.8. The highest BCUT2D eigenvalue weighted by Crippen LogP contribution is 2.53. The Kier molecular flexibility index (Phi) is 6.93. The summed E-state index contributed by atoms with van der Waals surface area (Å²) >= 11 is 0. The zero-order valence-corrected chi connectivity index (χ0v) is 30.8. The van der Waals surface area contributed by atoms with Crippen molar-refractivity contribution in [1.82, 2.24) is 0 Å². The van der Waals surface area contributed by atoms with Crippen LogP contribution in [0.1, 0.15) is 25.0 Å². The number of benzene rings is 9. The molecule has 0 unspecified atom stereocenters. The molecule has 1 heterocycles. The summed E-state index contributed by atoms with van der Waals surface area (Å²) in [6.07, 6.45) is 0. The molecule has 1 aromatic heterocycles. The van der Waals surface area contributed by atoms with Crippen LogP contribution < -0.4 is 4.90 Å². The van der Waals surface area contributed by atoms with E-state index in [9.17, 15) is 0 Å². The first-order valence-electron chi connectivity index (χ1n) is 19.1. The van der Waals surface area contributed by atoms with Gasteiger partial charge in [0.05, 0.1) is 5.69 Å². The summed E-state index contributed by atoms with van der Waals surface area (Å²) in [7, 11) is 0. The fourth-order valence-corrected chi connectivity index (χ4v) is 9.20. The van der Waals surface area contributed by atoms with E-state index in [-0.39, 0.29) is 5.41 Å². The van der Waals surface area contributed by atoms with Gasteiger partial charge >= 0.3 is 0 Å². The maximum atomic E-state index is 6.54. The molecule has 0 bridgehead atoms. The van der Waals surface area contributed by atoms with E-state index >= 15 is 0 Å². The van der Waals surface area contributed by atoms with Crippen LogP contribution in [0.3, 0.4) is 0 Å². The second-order valence-electron chi connectivity index (χ2n) is 15.3. The summed E-state index contributed by atoms with van der Waals surface area (Å²) in [5.74, 6) is 0. The van der Waals surface area contributed by atoms with Crippen LogP contribution in [-0.2, 0) is 5.41 Å². The monoisotopic (exact) mass is 703 g/mol. The topological polar surface area (TPSA) is 16.4 Å². The molecule has 55 heavy (non-hydrogen) atoms. The Morgan fingerprint density at radius 3 is 1.98 bits per heavy atom. The van der Waals surface area contributed by atoms with E-state index < -0.39 is 0 Å². The zero-order chi connectivity index (χ0) is 36.7. The van der Waals surface area contributed by atoms with Crippen LogP contribution >= 0.6 is 0 Å². The molecular weight excluding hydrogens is 667 g/mol. The van der Waals surface area contributed by atoms with Gasteiger partial charge in [-0.25, -0.2) is 0 Å². The maximum Gasteiger partial charge on any atom is 0.159 e. The molecule has 0 saturated heterocycles. The third kappa shape index (κ3) is 4.81. The van der Waals surface area contributed by atoms with E-state index in [2.05, 4.69) is 195 Å². The number of para-hydroxylation sites is 3. The largest absolute Gasteiger partial charge is 0.454 e. The van der Waals surface area contributed by atoms with E-state index in [1.165, 1.54) is 66.1 Å². The number of nitrogens with zero attached hydrogens (tertiary/aromatic N) is 1. The van der Waals surface area contributed by atoms with E-state index in [4.69, 9.17) is 4.42 Å². The maximum absolute atomic E-state index is 6.54. The summed E-state index contributed by atoms with van der Waals surface area (Å²) < 4.78 is 6.54. The summed E-state index contributed by atoms with van der Waals surface area (Å²) in [5.41, 5.74) is 15.1. The van der Waals surface area contributed by atoms with Crippen molar-refractivity contribution in [3.8, 4) is 33.4 Å². The van der Waals surface area contributed by atoms with Crippen molar-refractivity contribution in [2.45, 2.75) is 19.3 Å². The van der Waals surface area contributed by atoms with Gasteiger partial charge in [-0.3, -0.25) is 0 Å². The predicted octanol–water partition coefficient (Wildman–Crippen LogP) is 15.0. The minimum atomic E-state index is -0.157. The van der Waals surface area contributed by atoms with Gasteiger partial charge in [0.1, 0.15) is 5.58 Å². The van der Waals surface area contributed by atoms with E-state index in [0.717, 1.165) is 39.0 Å². The van der Waals surface area contributed by atoms with E-state index in [1.807, 2.05) is 12.1 Å². The molecule has 1 aliphatic carbocycles. The number of rotatable bonds is 5. The van der Waals surface area contributed by atoms with Gasteiger partial charge in [0, 0.05) is 27.6 Å². The molecule has 0 atom stereocenters. The van der Waals surface area contributed by atoms with Crippen molar-refractivity contribution >= 4 is 60.5 Å². The molecule has 0 aliphatic heterocycles. The van der Waals surface area contributed by atoms with Crippen LogP contribution in [0.4, 0.5) is 17.1 Å². The quantitative estimate of drug-likeness (QED) is 0.177. The molecule has 0 radical (unpaired) electrons. The minimum Gasteiger partial charge on any atom is -0.454 e. The third-order valence-electron chi connectivity index (χ3n) is 11.9. The molecule has 0 amide bonds. The molecule has 1 aliphatic rings. The summed E-state index contributed by atoms with van der Waals surface area (Å²) in [6.45, 7) is 4.76. The average molecular weight is 704 g/mol. The second-order valence-corrected chi connectivity index (χ2v) is 15.3. The molecule has 9 aromatic carbocycles. The number of furan rings is 1. The smallest absolute Gasteiger partial charge is 0.159 e. The van der Waals surface area contributed by atoms with Gasteiger partial charge < -0.3 is 9.32 Å². The number of fused-ring (bicyclic) bond motifs is 6. The van der Waals surface area contributed by atoms with Crippen LogP contribution in [-0.4, -0.2) is 0 Å². The van der Waals surface area contributed by atoms with Gasteiger partial charge in [-0.15, -0.1) is 0 Å². The van der Waals surface area contributed by atoms with E-state index in [1.54, 1.807) is 0 Å². The van der Waals surface area contributed by atoms with Crippen LogP contribution in [0, 0.1) is 0 Å². The van der Waals surface area contributed by atoms with Crippen LogP contribution in [0.2, 0.25) is 0 Å². The molecule has 0 N–H and O–H groups in total. The lowest BCUT2D eigenvalue weighted by Gasteiger charge is -2.36. The Morgan fingerprint density at radius 2 is 1.11 bits per heavy atom. The number of anilines is 3. The van der Waals surface area contributed by atoms with Crippen molar-refractivity contribution in [2.24, 2.45) is 0 Å². The van der Waals surface area contributed by atoms with Gasteiger partial charge in [0.15, 0.2) is 5.58 Å². The van der Waals surface area contributed by atoms with Crippen molar-refractivity contribution < 1.29 is 4.42 Å². The van der Waals surface area contributed by atoms with E-state index in [0.29, 0.717) is 0 Å². The standard InChI is InChI=1S/C53H37NO/c1-53(2)46-32-28-37(33-45(46)51-43(31-27-36-15-11-22-47(53)50(36)51)41-20-10-14-35-13-6-7-18-40(35)41)34-25-29-39(30-26-34)54(38-16-4-3-5-17-38)48-23-12-21-44-42-19-8-9-24-49(42)55-52(44)48/h3-33H,1-2H3. The molecule has 10 aromatic rings. The van der Waals surface area contributed by atoms with Gasteiger partial charge in [-0.05, 0) is 109 Å². The Bertz CT molecular complexity index is 3110. The van der Waals surface area contributed by atoms with Crippen LogP contribution in [0.5, 0.6) is 0 Å². The molecule has 11 rings (SSSR count). The SMILES string of the molecule is CC1(C)c2ccc(-c3ccc(N(c4ccccc4)c4cccc5c4oc4ccccc45)cc3)cc2-c2c(-c3cccc4ccccc34)ccc3cccc1c23. The first-order valence-corrected chi connectivity index (χ1v) is 19.1. The highest BCUT2D eigenvalue weighted by Gasteiger charge is 2.35. The molecular formula is C53H37NO. The first-order chi connectivity index (χ1) is 27.0. The molecule has 2 nitrogen and oxygen atoms in total. The highest BCUT2D eigenvalue weighted by molar-refractivity contribution is 6.13. The van der Waals surface area contributed by atoms with Crippen LogP contribution in [0.15, 0.2) is 192 Å². The fourth-order valence-electron chi connectivity index (χ4n) is 9.20.